The normalized spacial score (nSPS) is 22.8. The number of hydrogen-bond acceptors (Lipinski definition) is 5. The maximum atomic E-state index is 12.8. The summed E-state index contributed by atoms with van der Waals surface area (Å²) in [6.07, 6.45) is 3.95. The Morgan fingerprint density at radius 3 is 2.45 bits per heavy atom. The van der Waals surface area contributed by atoms with Gasteiger partial charge in [0.1, 0.15) is 5.60 Å². The van der Waals surface area contributed by atoms with Crippen LogP contribution in [0.25, 0.3) is 11.0 Å². The Bertz CT molecular complexity index is 1100. The van der Waals surface area contributed by atoms with Gasteiger partial charge in [-0.05, 0) is 49.9 Å². The van der Waals surface area contributed by atoms with E-state index in [9.17, 15) is 9.59 Å². The molecule has 0 bridgehead atoms. The van der Waals surface area contributed by atoms with E-state index in [1.807, 2.05) is 54.6 Å². The standard InChI is InChI=1S/C23H22N4O3.ClH/c28-21(26-20-14-24-18-8-4-5-9-19(18)25-20)16-10-12-23(13-11-16)15-27(22(29)30-23)17-6-2-1-3-7-17;/h1-9,14,16H,10-13,15H2,(H,25,26,28);1H. The zero-order valence-corrected chi connectivity index (χ0v) is 17.7. The Morgan fingerprint density at radius 1 is 1.03 bits per heavy atom. The number of anilines is 2. The van der Waals surface area contributed by atoms with E-state index in [-0.39, 0.29) is 30.3 Å². The molecule has 0 unspecified atom stereocenters. The molecule has 2 amide bonds. The molecule has 2 aromatic carbocycles. The third kappa shape index (κ3) is 4.18. The van der Waals surface area contributed by atoms with Crippen molar-refractivity contribution in [3.05, 3.63) is 60.8 Å². The third-order valence-corrected chi connectivity index (χ3v) is 6.01. The van der Waals surface area contributed by atoms with E-state index in [0.29, 0.717) is 38.0 Å². The molecule has 1 saturated heterocycles. The number of carbonyl (C=O) groups is 2. The fourth-order valence-corrected chi connectivity index (χ4v) is 4.34. The zero-order valence-electron chi connectivity index (χ0n) is 16.9. The highest BCUT2D eigenvalue weighted by Gasteiger charge is 2.48. The van der Waals surface area contributed by atoms with Crippen molar-refractivity contribution in [3.8, 4) is 0 Å². The second-order valence-electron chi connectivity index (χ2n) is 7.98. The first kappa shape index (κ1) is 21.1. The van der Waals surface area contributed by atoms with E-state index >= 15 is 0 Å². The molecule has 2 fully saturated rings. The Balaban J connectivity index is 0.00000231. The van der Waals surface area contributed by atoms with Crippen LogP contribution in [-0.4, -0.2) is 34.1 Å². The molecule has 1 aliphatic heterocycles. The summed E-state index contributed by atoms with van der Waals surface area (Å²) in [4.78, 5) is 35.7. The number of fused-ring (bicyclic) bond motifs is 1. The SMILES string of the molecule is Cl.O=C(Nc1cnc2ccccc2n1)C1CCC2(CC1)CN(c1ccccc1)C(=O)O2. The van der Waals surface area contributed by atoms with Gasteiger partial charge in [-0.25, -0.2) is 9.78 Å². The lowest BCUT2D eigenvalue weighted by Gasteiger charge is -2.34. The van der Waals surface area contributed by atoms with Crippen LogP contribution < -0.4 is 10.2 Å². The molecule has 2 heterocycles. The molecule has 7 nitrogen and oxygen atoms in total. The summed E-state index contributed by atoms with van der Waals surface area (Å²) in [6, 6.07) is 17.1. The maximum absolute atomic E-state index is 12.8. The number of carbonyl (C=O) groups excluding carboxylic acids is 2. The fraction of sp³-hybridized carbons (Fsp3) is 0.304. The summed E-state index contributed by atoms with van der Waals surface area (Å²) in [5.41, 5.74) is 1.87. The van der Waals surface area contributed by atoms with Crippen LogP contribution in [0.2, 0.25) is 0 Å². The molecule has 160 valence electrons. The van der Waals surface area contributed by atoms with Gasteiger partial charge in [-0.3, -0.25) is 14.7 Å². The van der Waals surface area contributed by atoms with Crippen molar-refractivity contribution in [2.75, 3.05) is 16.8 Å². The van der Waals surface area contributed by atoms with Crippen molar-refractivity contribution in [2.24, 2.45) is 5.92 Å². The predicted molar refractivity (Wildman–Crippen MR) is 120 cm³/mol. The van der Waals surface area contributed by atoms with Gasteiger partial charge in [-0.1, -0.05) is 30.3 Å². The first-order valence-corrected chi connectivity index (χ1v) is 10.2. The molecular weight excluding hydrogens is 416 g/mol. The van der Waals surface area contributed by atoms with Crippen molar-refractivity contribution < 1.29 is 14.3 Å². The third-order valence-electron chi connectivity index (χ3n) is 6.01. The van der Waals surface area contributed by atoms with Gasteiger partial charge >= 0.3 is 6.09 Å². The highest BCUT2D eigenvalue weighted by molar-refractivity contribution is 5.93. The molecule has 3 aromatic rings. The number of nitrogens with one attached hydrogen (secondary N) is 1. The number of nitrogens with zero attached hydrogens (tertiary/aromatic N) is 3. The van der Waals surface area contributed by atoms with Gasteiger partial charge in [0, 0.05) is 11.6 Å². The average Bonchev–Trinajstić information content (AvgIpc) is 3.10. The minimum absolute atomic E-state index is 0. The molecule has 5 rings (SSSR count). The van der Waals surface area contributed by atoms with Crippen LogP contribution in [0.15, 0.2) is 60.8 Å². The molecule has 1 saturated carbocycles. The summed E-state index contributed by atoms with van der Waals surface area (Å²) >= 11 is 0. The van der Waals surface area contributed by atoms with Crippen molar-refractivity contribution in [3.63, 3.8) is 0 Å². The van der Waals surface area contributed by atoms with Crippen LogP contribution in [0.1, 0.15) is 25.7 Å². The molecular formula is C23H23ClN4O3. The Kier molecular flexibility index (Phi) is 5.78. The van der Waals surface area contributed by atoms with Gasteiger partial charge in [0.2, 0.25) is 5.91 Å². The molecule has 1 aromatic heterocycles. The van der Waals surface area contributed by atoms with Gasteiger partial charge in [0.15, 0.2) is 5.82 Å². The second-order valence-corrected chi connectivity index (χ2v) is 7.98. The molecule has 31 heavy (non-hydrogen) atoms. The van der Waals surface area contributed by atoms with Crippen molar-refractivity contribution in [1.82, 2.24) is 9.97 Å². The number of rotatable bonds is 3. The zero-order chi connectivity index (χ0) is 20.6. The number of ether oxygens (including phenoxy) is 1. The van der Waals surface area contributed by atoms with Crippen molar-refractivity contribution >= 4 is 46.9 Å². The van der Waals surface area contributed by atoms with Gasteiger partial charge < -0.3 is 10.1 Å². The maximum Gasteiger partial charge on any atom is 0.415 e. The van der Waals surface area contributed by atoms with E-state index in [1.54, 1.807) is 11.1 Å². The lowest BCUT2D eigenvalue weighted by molar-refractivity contribution is -0.122. The summed E-state index contributed by atoms with van der Waals surface area (Å²) < 4.78 is 5.78. The van der Waals surface area contributed by atoms with Gasteiger partial charge in [0.05, 0.1) is 23.8 Å². The minimum Gasteiger partial charge on any atom is -0.441 e. The largest absolute Gasteiger partial charge is 0.441 e. The number of hydrogen-bond donors (Lipinski definition) is 1. The molecule has 0 radical (unpaired) electrons. The topological polar surface area (TPSA) is 84.4 Å². The number of para-hydroxylation sites is 3. The summed E-state index contributed by atoms with van der Waals surface area (Å²) in [7, 11) is 0. The van der Waals surface area contributed by atoms with E-state index < -0.39 is 5.60 Å². The molecule has 1 N–H and O–H groups in total. The number of aromatic nitrogens is 2. The summed E-state index contributed by atoms with van der Waals surface area (Å²) in [6.45, 7) is 0.528. The first-order valence-electron chi connectivity index (χ1n) is 10.2. The monoisotopic (exact) mass is 438 g/mol. The highest BCUT2D eigenvalue weighted by atomic mass is 35.5. The quantitative estimate of drug-likeness (QED) is 0.647. The lowest BCUT2D eigenvalue weighted by Crippen LogP contribution is -2.41. The van der Waals surface area contributed by atoms with Crippen LogP contribution in [-0.2, 0) is 9.53 Å². The Hall–Kier alpha value is -3.19. The van der Waals surface area contributed by atoms with E-state index in [4.69, 9.17) is 4.74 Å². The van der Waals surface area contributed by atoms with Crippen LogP contribution in [0, 0.1) is 5.92 Å². The van der Waals surface area contributed by atoms with Crippen LogP contribution in [0.5, 0.6) is 0 Å². The Labute approximate surface area is 186 Å². The summed E-state index contributed by atoms with van der Waals surface area (Å²) in [5, 5.41) is 2.90. The van der Waals surface area contributed by atoms with Crippen LogP contribution in [0.3, 0.4) is 0 Å². The van der Waals surface area contributed by atoms with Crippen LogP contribution in [0.4, 0.5) is 16.3 Å². The first-order chi connectivity index (χ1) is 14.6. The van der Waals surface area contributed by atoms with Gasteiger partial charge in [-0.2, -0.15) is 0 Å². The average molecular weight is 439 g/mol. The minimum atomic E-state index is -0.507. The molecule has 1 spiro atoms. The lowest BCUT2D eigenvalue weighted by atomic mass is 9.78. The van der Waals surface area contributed by atoms with E-state index in [2.05, 4.69) is 15.3 Å². The fourth-order valence-electron chi connectivity index (χ4n) is 4.34. The van der Waals surface area contributed by atoms with Gasteiger partial charge in [0.25, 0.3) is 0 Å². The molecule has 8 heteroatoms. The predicted octanol–water partition coefficient (Wildman–Crippen LogP) is 4.58. The molecule has 1 aliphatic carbocycles. The molecule has 2 aliphatic rings. The molecule has 0 atom stereocenters. The van der Waals surface area contributed by atoms with Crippen LogP contribution >= 0.6 is 12.4 Å². The number of halogens is 1. The summed E-state index contributed by atoms with van der Waals surface area (Å²) in [5.74, 6) is 0.272. The van der Waals surface area contributed by atoms with E-state index in [1.165, 1.54) is 0 Å². The number of benzene rings is 2. The van der Waals surface area contributed by atoms with Crippen molar-refractivity contribution in [2.45, 2.75) is 31.3 Å². The van der Waals surface area contributed by atoms with E-state index in [0.717, 1.165) is 16.7 Å². The van der Waals surface area contributed by atoms with Gasteiger partial charge in [-0.15, -0.1) is 12.4 Å². The number of amides is 2. The second kappa shape index (κ2) is 8.51. The van der Waals surface area contributed by atoms with Crippen molar-refractivity contribution in [1.29, 1.82) is 0 Å². The highest BCUT2D eigenvalue weighted by Crippen LogP contribution is 2.41. The Morgan fingerprint density at radius 2 is 1.71 bits per heavy atom. The smallest absolute Gasteiger partial charge is 0.415 e.